The van der Waals surface area contributed by atoms with Crippen LogP contribution in [0.3, 0.4) is 0 Å². The Labute approximate surface area is 163 Å². The Kier molecular flexibility index (Phi) is 9.71. The van der Waals surface area contributed by atoms with E-state index in [4.69, 9.17) is 15.9 Å². The molecule has 2 aromatic carbocycles. The van der Waals surface area contributed by atoms with Crippen LogP contribution in [-0.4, -0.2) is 46.6 Å². The zero-order valence-electron chi connectivity index (χ0n) is 15.6. The van der Waals surface area contributed by atoms with Crippen LogP contribution in [0.2, 0.25) is 0 Å². The third-order valence-corrected chi connectivity index (χ3v) is 3.86. The number of nitrogens with two attached hydrogens (primary N) is 1. The fourth-order valence-corrected chi connectivity index (χ4v) is 2.45. The van der Waals surface area contributed by atoms with Gasteiger partial charge in [0.25, 0.3) is 0 Å². The summed E-state index contributed by atoms with van der Waals surface area (Å²) in [6.45, 7) is 0.0363. The number of rotatable bonds is 7. The summed E-state index contributed by atoms with van der Waals surface area (Å²) in [6, 6.07) is 20.3. The Bertz CT molecular complexity index is 775. The van der Waals surface area contributed by atoms with Gasteiger partial charge in [-0.1, -0.05) is 60.7 Å². The molecule has 2 rings (SSSR count). The molecule has 1 atom stereocenters. The lowest BCUT2D eigenvalue weighted by Gasteiger charge is -2.28. The fraction of sp³-hybridized carbons (Fsp3) is 0.190. The summed E-state index contributed by atoms with van der Waals surface area (Å²) in [5, 5.41) is 15.6. The van der Waals surface area contributed by atoms with Crippen molar-refractivity contribution in [2.24, 2.45) is 5.73 Å². The van der Waals surface area contributed by atoms with Gasteiger partial charge in [0.1, 0.15) is 0 Å². The highest BCUT2D eigenvalue weighted by Crippen LogP contribution is 2.24. The Morgan fingerprint density at radius 3 is 1.82 bits per heavy atom. The van der Waals surface area contributed by atoms with E-state index in [9.17, 15) is 14.4 Å². The van der Waals surface area contributed by atoms with Crippen molar-refractivity contribution in [2.45, 2.75) is 12.5 Å². The molecule has 7 nitrogen and oxygen atoms in total. The number of carbonyl (C=O) groups is 3. The molecular weight excluding hydrogens is 360 g/mol. The van der Waals surface area contributed by atoms with Crippen molar-refractivity contribution in [3.63, 3.8) is 0 Å². The van der Waals surface area contributed by atoms with E-state index in [2.05, 4.69) is 12.1 Å². The summed E-state index contributed by atoms with van der Waals surface area (Å²) in [6.07, 6.45) is 1.90. The predicted molar refractivity (Wildman–Crippen MR) is 106 cm³/mol. The molecule has 1 amide bonds. The average molecular weight is 384 g/mol. The number of benzene rings is 2. The van der Waals surface area contributed by atoms with E-state index in [1.807, 2.05) is 55.6 Å². The normalized spacial score (nSPS) is 11.2. The quantitative estimate of drug-likeness (QED) is 0.629. The van der Waals surface area contributed by atoms with Gasteiger partial charge >= 0.3 is 11.9 Å². The van der Waals surface area contributed by atoms with Gasteiger partial charge in [-0.3, -0.25) is 4.79 Å². The highest BCUT2D eigenvalue weighted by molar-refractivity contribution is 5.89. The minimum atomic E-state index is -1.26. The maximum absolute atomic E-state index is 11.9. The molecule has 0 spiro atoms. The first-order valence-electron chi connectivity index (χ1n) is 8.53. The highest BCUT2D eigenvalue weighted by atomic mass is 16.4. The number of aliphatic carboxylic acids is 2. The number of hydrogen-bond acceptors (Lipinski definition) is 4. The molecule has 0 fully saturated rings. The van der Waals surface area contributed by atoms with Gasteiger partial charge in [0.15, 0.2) is 0 Å². The monoisotopic (exact) mass is 384 g/mol. The first-order chi connectivity index (χ1) is 13.3. The van der Waals surface area contributed by atoms with Gasteiger partial charge in [0.2, 0.25) is 5.91 Å². The first kappa shape index (κ1) is 22.6. The molecule has 0 aliphatic rings. The van der Waals surface area contributed by atoms with Gasteiger partial charge in [-0.05, 0) is 17.5 Å². The van der Waals surface area contributed by atoms with Gasteiger partial charge in [0, 0.05) is 19.2 Å². The van der Waals surface area contributed by atoms with E-state index in [0.717, 1.165) is 12.0 Å². The molecule has 4 N–H and O–H groups in total. The number of likely N-dealkylation sites (N-methyl/N-ethyl adjacent to an activating group) is 1. The number of carboxylic acids is 2. The van der Waals surface area contributed by atoms with E-state index in [1.54, 1.807) is 4.90 Å². The van der Waals surface area contributed by atoms with Crippen LogP contribution in [0.1, 0.15) is 17.2 Å². The molecule has 0 aliphatic heterocycles. The molecule has 7 heteroatoms. The molecule has 0 saturated heterocycles. The van der Waals surface area contributed by atoms with Crippen LogP contribution in [0.5, 0.6) is 0 Å². The predicted octanol–water partition coefficient (Wildman–Crippen LogP) is 2.10. The van der Waals surface area contributed by atoms with Crippen LogP contribution in [0.25, 0.3) is 0 Å². The van der Waals surface area contributed by atoms with Crippen molar-refractivity contribution in [3.8, 4) is 0 Å². The maximum Gasteiger partial charge on any atom is 0.328 e. The third-order valence-electron chi connectivity index (χ3n) is 3.86. The largest absolute Gasteiger partial charge is 0.478 e. The SMILES string of the molecule is CN(C(=O)CN)C(Cc1ccccc1)c1ccccc1.O=C(O)/C=C\C(=O)O. The first-order valence-corrected chi connectivity index (χ1v) is 8.53. The van der Waals surface area contributed by atoms with Gasteiger partial charge in [-0.2, -0.15) is 0 Å². The second kappa shape index (κ2) is 12.0. The number of carbonyl (C=O) groups excluding carboxylic acids is 1. The van der Waals surface area contributed by atoms with E-state index < -0.39 is 11.9 Å². The van der Waals surface area contributed by atoms with E-state index in [-0.39, 0.29) is 18.5 Å². The van der Waals surface area contributed by atoms with Crippen LogP contribution in [-0.2, 0) is 20.8 Å². The van der Waals surface area contributed by atoms with Crippen molar-refractivity contribution in [1.82, 2.24) is 4.90 Å². The maximum atomic E-state index is 11.9. The third kappa shape index (κ3) is 8.29. The second-order valence-electron chi connectivity index (χ2n) is 5.83. The van der Waals surface area contributed by atoms with Crippen molar-refractivity contribution in [2.75, 3.05) is 13.6 Å². The van der Waals surface area contributed by atoms with Crippen molar-refractivity contribution < 1.29 is 24.6 Å². The summed E-state index contributed by atoms with van der Waals surface area (Å²) in [5.74, 6) is -2.56. The van der Waals surface area contributed by atoms with E-state index in [1.165, 1.54) is 5.56 Å². The lowest BCUT2D eigenvalue weighted by Crippen LogP contribution is -2.36. The van der Waals surface area contributed by atoms with E-state index >= 15 is 0 Å². The molecule has 0 heterocycles. The smallest absolute Gasteiger partial charge is 0.328 e. The Balaban J connectivity index is 0.000000416. The van der Waals surface area contributed by atoms with Gasteiger partial charge < -0.3 is 20.8 Å². The minimum absolute atomic E-state index is 0.00894. The summed E-state index contributed by atoms with van der Waals surface area (Å²) < 4.78 is 0. The highest BCUT2D eigenvalue weighted by Gasteiger charge is 2.20. The zero-order valence-corrected chi connectivity index (χ0v) is 15.6. The van der Waals surface area contributed by atoms with Gasteiger partial charge in [0.05, 0.1) is 12.6 Å². The van der Waals surface area contributed by atoms with Crippen LogP contribution >= 0.6 is 0 Å². The molecule has 0 aliphatic carbocycles. The van der Waals surface area contributed by atoms with Crippen LogP contribution in [0, 0.1) is 0 Å². The molecule has 0 radical (unpaired) electrons. The molecule has 0 aromatic heterocycles. The van der Waals surface area contributed by atoms with Crippen molar-refractivity contribution in [1.29, 1.82) is 0 Å². The van der Waals surface area contributed by atoms with Gasteiger partial charge in [-0.25, -0.2) is 9.59 Å². The number of hydrogen-bond donors (Lipinski definition) is 3. The standard InChI is InChI=1S/C17H20N2O.C4H4O4/c1-19(17(20)13-18)16(15-10-6-3-7-11-15)12-14-8-4-2-5-9-14;5-3(6)1-2-4(7)8/h2-11,16H,12-13,18H2,1H3;1-2H,(H,5,6)(H,7,8)/b;2-1-. The molecular formula is C21H24N2O5. The Morgan fingerprint density at radius 2 is 1.39 bits per heavy atom. The van der Waals surface area contributed by atoms with Crippen molar-refractivity contribution in [3.05, 3.63) is 83.9 Å². The van der Waals surface area contributed by atoms with Crippen molar-refractivity contribution >= 4 is 17.8 Å². The Morgan fingerprint density at radius 1 is 0.929 bits per heavy atom. The van der Waals surface area contributed by atoms with Gasteiger partial charge in [-0.15, -0.1) is 0 Å². The Hall–Kier alpha value is -3.45. The molecule has 28 heavy (non-hydrogen) atoms. The average Bonchev–Trinajstić information content (AvgIpc) is 2.71. The lowest BCUT2D eigenvalue weighted by atomic mass is 9.97. The summed E-state index contributed by atoms with van der Waals surface area (Å²) in [7, 11) is 1.82. The fourth-order valence-electron chi connectivity index (χ4n) is 2.45. The topological polar surface area (TPSA) is 121 Å². The van der Waals surface area contributed by atoms with Crippen LogP contribution in [0.15, 0.2) is 72.8 Å². The van der Waals surface area contributed by atoms with Crippen LogP contribution in [0.4, 0.5) is 0 Å². The second-order valence-corrected chi connectivity index (χ2v) is 5.83. The zero-order chi connectivity index (χ0) is 20.9. The molecule has 1 unspecified atom stereocenters. The molecule has 0 bridgehead atoms. The number of amides is 1. The summed E-state index contributed by atoms with van der Waals surface area (Å²) in [5.41, 5.74) is 7.82. The summed E-state index contributed by atoms with van der Waals surface area (Å²) >= 11 is 0. The molecule has 148 valence electrons. The molecule has 0 saturated carbocycles. The summed E-state index contributed by atoms with van der Waals surface area (Å²) in [4.78, 5) is 32.8. The number of nitrogens with zero attached hydrogens (tertiary/aromatic N) is 1. The lowest BCUT2D eigenvalue weighted by molar-refractivity contribution is -0.134. The molecule has 2 aromatic rings. The van der Waals surface area contributed by atoms with Crippen LogP contribution < -0.4 is 5.73 Å². The van der Waals surface area contributed by atoms with E-state index in [0.29, 0.717) is 12.2 Å². The number of carboxylic acid groups (broad SMARTS) is 2. The minimum Gasteiger partial charge on any atom is -0.478 e.